The highest BCUT2D eigenvalue weighted by Crippen LogP contribution is 2.36. The average Bonchev–Trinajstić information content (AvgIpc) is 2.69. The minimum atomic E-state index is -4.42. The maximum atomic E-state index is 13.4. The van der Waals surface area contributed by atoms with Crippen LogP contribution in [-0.2, 0) is 29.4 Å². The molecule has 170 valence electrons. The number of hydrogen-bond acceptors (Lipinski definition) is 3. The summed E-state index contributed by atoms with van der Waals surface area (Å²) in [5, 5.41) is 0. The van der Waals surface area contributed by atoms with Crippen LogP contribution >= 0.6 is 0 Å². The number of pyridine rings is 1. The molecule has 0 N–H and O–H groups in total. The Labute approximate surface area is 181 Å². The van der Waals surface area contributed by atoms with Crippen molar-refractivity contribution in [2.75, 3.05) is 26.7 Å². The van der Waals surface area contributed by atoms with E-state index in [1.807, 2.05) is 13.8 Å². The van der Waals surface area contributed by atoms with Crippen LogP contribution in [0.4, 0.5) is 17.6 Å². The van der Waals surface area contributed by atoms with E-state index in [1.165, 1.54) is 12.1 Å². The van der Waals surface area contributed by atoms with Crippen LogP contribution in [0.3, 0.4) is 0 Å². The van der Waals surface area contributed by atoms with E-state index in [9.17, 15) is 17.6 Å². The molecule has 3 nitrogen and oxygen atoms in total. The number of nitrogens with zero attached hydrogens (tertiary/aromatic N) is 2. The lowest BCUT2D eigenvalue weighted by molar-refractivity contribution is -0.137. The monoisotopic (exact) mass is 438 g/mol. The van der Waals surface area contributed by atoms with Gasteiger partial charge in [0, 0.05) is 11.1 Å². The number of benzene rings is 1. The predicted molar refractivity (Wildman–Crippen MR) is 112 cm³/mol. The molecule has 1 aromatic carbocycles. The van der Waals surface area contributed by atoms with Gasteiger partial charge in [0.1, 0.15) is 5.82 Å². The summed E-state index contributed by atoms with van der Waals surface area (Å²) in [4.78, 5) is 6.64. The van der Waals surface area contributed by atoms with Crippen LogP contribution in [0.5, 0.6) is 0 Å². The Bertz CT molecular complexity index is 857. The Morgan fingerprint density at radius 3 is 2.26 bits per heavy atom. The molecule has 0 radical (unpaired) electrons. The summed E-state index contributed by atoms with van der Waals surface area (Å²) in [6.45, 7) is 6.01. The lowest BCUT2D eigenvalue weighted by atomic mass is 9.73. The van der Waals surface area contributed by atoms with Crippen LogP contribution < -0.4 is 0 Å². The van der Waals surface area contributed by atoms with Gasteiger partial charge in [-0.3, -0.25) is 4.98 Å². The quantitative estimate of drug-likeness (QED) is 0.525. The van der Waals surface area contributed by atoms with Gasteiger partial charge in [-0.05, 0) is 75.1 Å². The van der Waals surface area contributed by atoms with Gasteiger partial charge < -0.3 is 9.64 Å². The van der Waals surface area contributed by atoms with Crippen LogP contribution in [0.15, 0.2) is 36.4 Å². The third-order valence-corrected chi connectivity index (χ3v) is 5.91. The number of piperidine rings is 1. The first-order chi connectivity index (χ1) is 14.6. The number of alkyl halides is 3. The van der Waals surface area contributed by atoms with E-state index in [1.54, 1.807) is 12.1 Å². The summed E-state index contributed by atoms with van der Waals surface area (Å²) in [5.74, 6) is -0.0932. The summed E-state index contributed by atoms with van der Waals surface area (Å²) < 4.78 is 59.4. The highest BCUT2D eigenvalue weighted by Gasteiger charge is 2.36. The zero-order valence-corrected chi connectivity index (χ0v) is 18.3. The van der Waals surface area contributed by atoms with Gasteiger partial charge in [-0.25, -0.2) is 4.39 Å². The Kier molecular flexibility index (Phi) is 7.37. The number of aromatic nitrogens is 1. The first-order valence-corrected chi connectivity index (χ1v) is 10.7. The topological polar surface area (TPSA) is 25.4 Å². The van der Waals surface area contributed by atoms with Crippen molar-refractivity contribution in [3.8, 4) is 0 Å². The Balaban J connectivity index is 1.77. The summed E-state index contributed by atoms with van der Waals surface area (Å²) in [6.07, 6.45) is -2.27. The minimum Gasteiger partial charge on any atom is -0.374 e. The van der Waals surface area contributed by atoms with Crippen LogP contribution in [0.25, 0.3) is 0 Å². The molecule has 0 spiro atoms. The maximum absolute atomic E-state index is 13.4. The van der Waals surface area contributed by atoms with Gasteiger partial charge in [-0.15, -0.1) is 0 Å². The molecule has 0 atom stereocenters. The van der Waals surface area contributed by atoms with Gasteiger partial charge in [-0.1, -0.05) is 26.0 Å². The van der Waals surface area contributed by atoms with E-state index in [2.05, 4.69) is 16.9 Å². The molecule has 1 saturated heterocycles. The third-order valence-electron chi connectivity index (χ3n) is 5.91. The molecule has 0 amide bonds. The van der Waals surface area contributed by atoms with Gasteiger partial charge in [0.05, 0.1) is 24.5 Å². The van der Waals surface area contributed by atoms with Crippen molar-refractivity contribution >= 4 is 0 Å². The normalized spacial score (nSPS) is 17.3. The van der Waals surface area contributed by atoms with Crippen LogP contribution in [0.2, 0.25) is 0 Å². The summed E-state index contributed by atoms with van der Waals surface area (Å²) in [5.41, 5.74) is 0.732. The van der Waals surface area contributed by atoms with Gasteiger partial charge in [0.15, 0.2) is 0 Å². The van der Waals surface area contributed by atoms with Crippen molar-refractivity contribution < 1.29 is 22.3 Å². The smallest absolute Gasteiger partial charge is 0.374 e. The van der Waals surface area contributed by atoms with Crippen molar-refractivity contribution in [1.82, 2.24) is 9.88 Å². The molecule has 31 heavy (non-hydrogen) atoms. The zero-order valence-electron chi connectivity index (χ0n) is 18.3. The summed E-state index contributed by atoms with van der Waals surface area (Å²) in [6, 6.07) is 8.66. The second-order valence-electron chi connectivity index (χ2n) is 9.02. The molecular formula is C24H30F4N2O. The standard InChI is InChI=1S/C24H30F4N2O/c1-17(2)12-21-13-19(24(26,27)28)14-22(29-21)15-31-16-23(8-10-30(3)11-9-23)18-4-6-20(25)7-5-18/h4-7,13-14,17H,8-12,15-16H2,1-3H3. The maximum Gasteiger partial charge on any atom is 0.416 e. The van der Waals surface area contributed by atoms with E-state index >= 15 is 0 Å². The summed E-state index contributed by atoms with van der Waals surface area (Å²) in [7, 11) is 2.05. The first kappa shape index (κ1) is 23.7. The number of halogens is 4. The van der Waals surface area contributed by atoms with Gasteiger partial charge in [0.25, 0.3) is 0 Å². The van der Waals surface area contributed by atoms with Crippen molar-refractivity contribution in [3.63, 3.8) is 0 Å². The van der Waals surface area contributed by atoms with Crippen molar-refractivity contribution in [1.29, 1.82) is 0 Å². The summed E-state index contributed by atoms with van der Waals surface area (Å²) >= 11 is 0. The molecule has 2 aromatic rings. The van der Waals surface area contributed by atoms with E-state index in [0.717, 1.165) is 43.6 Å². The second kappa shape index (κ2) is 9.65. The Morgan fingerprint density at radius 1 is 1.06 bits per heavy atom. The molecule has 1 fully saturated rings. The molecule has 0 bridgehead atoms. The molecule has 0 saturated carbocycles. The fraction of sp³-hybridized carbons (Fsp3) is 0.542. The van der Waals surface area contributed by atoms with Crippen LogP contribution in [-0.4, -0.2) is 36.6 Å². The molecule has 1 aliphatic rings. The molecule has 7 heteroatoms. The number of rotatable bonds is 7. The van der Waals surface area contributed by atoms with E-state index in [-0.39, 0.29) is 29.5 Å². The number of ether oxygens (including phenoxy) is 1. The lowest BCUT2D eigenvalue weighted by Crippen LogP contribution is -2.43. The average molecular weight is 439 g/mol. The van der Waals surface area contributed by atoms with Gasteiger partial charge >= 0.3 is 6.18 Å². The SMILES string of the molecule is CC(C)Cc1cc(C(F)(F)F)cc(COCC2(c3ccc(F)cc3)CCN(C)CC2)n1. The van der Waals surface area contributed by atoms with Crippen LogP contribution in [0, 0.1) is 11.7 Å². The fourth-order valence-corrected chi connectivity index (χ4v) is 4.13. The Hall–Kier alpha value is -1.99. The van der Waals surface area contributed by atoms with E-state index in [0.29, 0.717) is 18.7 Å². The lowest BCUT2D eigenvalue weighted by Gasteiger charge is -2.41. The number of likely N-dealkylation sites (tertiary alicyclic amines) is 1. The molecule has 1 aromatic heterocycles. The molecular weight excluding hydrogens is 408 g/mol. The van der Waals surface area contributed by atoms with Crippen LogP contribution in [0.1, 0.15) is 49.2 Å². The van der Waals surface area contributed by atoms with E-state index < -0.39 is 11.7 Å². The molecule has 2 heterocycles. The van der Waals surface area contributed by atoms with Crippen molar-refractivity contribution in [2.45, 2.75) is 51.3 Å². The molecule has 3 rings (SSSR count). The largest absolute Gasteiger partial charge is 0.416 e. The minimum absolute atomic E-state index is 0.00774. The third kappa shape index (κ3) is 6.26. The highest BCUT2D eigenvalue weighted by molar-refractivity contribution is 5.28. The van der Waals surface area contributed by atoms with Gasteiger partial charge in [-0.2, -0.15) is 13.2 Å². The molecule has 0 unspecified atom stereocenters. The number of hydrogen-bond donors (Lipinski definition) is 0. The predicted octanol–water partition coefficient (Wildman–Crippen LogP) is 5.62. The zero-order chi connectivity index (χ0) is 22.6. The molecule has 1 aliphatic heterocycles. The second-order valence-corrected chi connectivity index (χ2v) is 9.02. The first-order valence-electron chi connectivity index (χ1n) is 10.7. The highest BCUT2D eigenvalue weighted by atomic mass is 19.4. The Morgan fingerprint density at radius 2 is 1.68 bits per heavy atom. The van der Waals surface area contributed by atoms with Gasteiger partial charge in [0.2, 0.25) is 0 Å². The van der Waals surface area contributed by atoms with Crippen molar-refractivity contribution in [3.05, 3.63) is 64.7 Å². The van der Waals surface area contributed by atoms with E-state index in [4.69, 9.17) is 4.74 Å². The molecule has 0 aliphatic carbocycles. The fourth-order valence-electron chi connectivity index (χ4n) is 4.13. The van der Waals surface area contributed by atoms with Crippen molar-refractivity contribution in [2.24, 2.45) is 5.92 Å².